The summed E-state index contributed by atoms with van der Waals surface area (Å²) in [7, 11) is 0. The molecule has 19 heavy (non-hydrogen) atoms. The molecule has 0 radical (unpaired) electrons. The number of anilines is 2. The Labute approximate surface area is 110 Å². The highest BCUT2D eigenvalue weighted by molar-refractivity contribution is 6.05. The zero-order valence-electron chi connectivity index (χ0n) is 10.7. The molecule has 1 aromatic heterocycles. The second-order valence-electron chi connectivity index (χ2n) is 4.32. The lowest BCUT2D eigenvalue weighted by molar-refractivity contribution is 0.102. The second kappa shape index (κ2) is 5.06. The Bertz CT molecular complexity index is 641. The first-order valence-electron chi connectivity index (χ1n) is 5.76. The molecule has 0 bridgehead atoms. The number of aryl methyl sites for hydroxylation is 1. The molecule has 2 rings (SSSR count). The fraction of sp³-hybridized carbons (Fsp3) is 0.143. The van der Waals surface area contributed by atoms with Gasteiger partial charge in [-0.15, -0.1) is 0 Å². The van der Waals surface area contributed by atoms with Crippen molar-refractivity contribution in [1.29, 1.82) is 0 Å². The summed E-state index contributed by atoms with van der Waals surface area (Å²) < 4.78 is 13.0. The predicted molar refractivity (Wildman–Crippen MR) is 72.5 cm³/mol. The Morgan fingerprint density at radius 1 is 1.32 bits per heavy atom. The van der Waals surface area contributed by atoms with Gasteiger partial charge < -0.3 is 11.1 Å². The average molecular weight is 259 g/mol. The van der Waals surface area contributed by atoms with Crippen LogP contribution < -0.4 is 11.1 Å². The summed E-state index contributed by atoms with van der Waals surface area (Å²) in [4.78, 5) is 15.7. The molecule has 0 spiro atoms. The summed E-state index contributed by atoms with van der Waals surface area (Å²) >= 11 is 0. The van der Waals surface area contributed by atoms with Crippen molar-refractivity contribution in [3.63, 3.8) is 0 Å². The van der Waals surface area contributed by atoms with Crippen LogP contribution in [0.5, 0.6) is 0 Å². The highest BCUT2D eigenvalue weighted by Crippen LogP contribution is 2.25. The van der Waals surface area contributed by atoms with Gasteiger partial charge in [-0.3, -0.25) is 9.78 Å². The number of halogens is 1. The third-order valence-electron chi connectivity index (χ3n) is 2.92. The summed E-state index contributed by atoms with van der Waals surface area (Å²) in [6.07, 6.45) is 2.36. The Morgan fingerprint density at radius 3 is 2.74 bits per heavy atom. The van der Waals surface area contributed by atoms with Gasteiger partial charge in [0.2, 0.25) is 0 Å². The molecular formula is C14H14FN3O. The van der Waals surface area contributed by atoms with E-state index in [1.54, 1.807) is 6.07 Å². The van der Waals surface area contributed by atoms with Crippen molar-refractivity contribution in [2.75, 3.05) is 11.1 Å². The topological polar surface area (TPSA) is 68.0 Å². The first kappa shape index (κ1) is 13.0. The van der Waals surface area contributed by atoms with Gasteiger partial charge in [0.15, 0.2) is 0 Å². The SMILES string of the molecule is Cc1ccc(N)c(C)c1NC(=O)c1cncc(F)c1. The monoisotopic (exact) mass is 259 g/mol. The maximum atomic E-state index is 13.0. The first-order valence-corrected chi connectivity index (χ1v) is 5.76. The van der Waals surface area contributed by atoms with Gasteiger partial charge in [0.05, 0.1) is 11.8 Å². The van der Waals surface area contributed by atoms with Crippen molar-refractivity contribution >= 4 is 17.3 Å². The van der Waals surface area contributed by atoms with Crippen molar-refractivity contribution < 1.29 is 9.18 Å². The van der Waals surface area contributed by atoms with Crippen molar-refractivity contribution in [3.05, 3.63) is 53.1 Å². The number of pyridine rings is 1. The molecule has 0 atom stereocenters. The maximum absolute atomic E-state index is 13.0. The average Bonchev–Trinajstić information content (AvgIpc) is 2.39. The van der Waals surface area contributed by atoms with E-state index in [4.69, 9.17) is 5.73 Å². The molecule has 0 saturated carbocycles. The number of amides is 1. The number of carbonyl (C=O) groups is 1. The zero-order valence-corrected chi connectivity index (χ0v) is 10.7. The molecule has 4 nitrogen and oxygen atoms in total. The highest BCUT2D eigenvalue weighted by atomic mass is 19.1. The van der Waals surface area contributed by atoms with E-state index in [9.17, 15) is 9.18 Å². The van der Waals surface area contributed by atoms with Gasteiger partial charge in [-0.2, -0.15) is 0 Å². The van der Waals surface area contributed by atoms with Crippen LogP contribution in [-0.2, 0) is 0 Å². The van der Waals surface area contributed by atoms with E-state index in [0.29, 0.717) is 11.4 Å². The van der Waals surface area contributed by atoms with Gasteiger partial charge >= 0.3 is 0 Å². The lowest BCUT2D eigenvalue weighted by Crippen LogP contribution is -2.15. The lowest BCUT2D eigenvalue weighted by Gasteiger charge is -2.13. The number of carbonyl (C=O) groups excluding carboxylic acids is 1. The van der Waals surface area contributed by atoms with E-state index in [1.165, 1.54) is 6.20 Å². The van der Waals surface area contributed by atoms with E-state index in [-0.39, 0.29) is 5.56 Å². The minimum atomic E-state index is -0.548. The molecule has 0 aliphatic heterocycles. The van der Waals surface area contributed by atoms with Crippen molar-refractivity contribution in [1.82, 2.24) is 4.98 Å². The van der Waals surface area contributed by atoms with Crippen LogP contribution in [0.2, 0.25) is 0 Å². The summed E-state index contributed by atoms with van der Waals surface area (Å²) in [5, 5.41) is 2.74. The zero-order chi connectivity index (χ0) is 14.0. The van der Waals surface area contributed by atoms with Crippen LogP contribution in [0.4, 0.5) is 15.8 Å². The molecule has 0 fully saturated rings. The van der Waals surface area contributed by atoms with Crippen molar-refractivity contribution in [3.8, 4) is 0 Å². The van der Waals surface area contributed by atoms with Crippen LogP contribution in [0.25, 0.3) is 0 Å². The smallest absolute Gasteiger partial charge is 0.257 e. The molecule has 5 heteroatoms. The Kier molecular flexibility index (Phi) is 3.46. The van der Waals surface area contributed by atoms with Crippen LogP contribution in [0, 0.1) is 19.7 Å². The molecule has 98 valence electrons. The molecule has 2 aromatic rings. The normalized spacial score (nSPS) is 10.3. The summed E-state index contributed by atoms with van der Waals surface area (Å²) in [5.74, 6) is -0.961. The van der Waals surface area contributed by atoms with Crippen LogP contribution >= 0.6 is 0 Å². The molecular weight excluding hydrogens is 245 g/mol. The number of nitrogen functional groups attached to an aromatic ring is 1. The molecule has 3 N–H and O–H groups in total. The van der Waals surface area contributed by atoms with E-state index in [0.717, 1.165) is 23.4 Å². The van der Waals surface area contributed by atoms with Crippen LogP contribution in [-0.4, -0.2) is 10.9 Å². The summed E-state index contributed by atoms with van der Waals surface area (Å²) in [5.41, 5.74) is 8.90. The molecule has 1 amide bonds. The second-order valence-corrected chi connectivity index (χ2v) is 4.32. The van der Waals surface area contributed by atoms with Gasteiger partial charge in [-0.25, -0.2) is 4.39 Å². The van der Waals surface area contributed by atoms with E-state index < -0.39 is 11.7 Å². The number of nitrogens with two attached hydrogens (primary N) is 1. The van der Waals surface area contributed by atoms with Crippen molar-refractivity contribution in [2.45, 2.75) is 13.8 Å². The lowest BCUT2D eigenvalue weighted by atomic mass is 10.1. The number of nitrogens with one attached hydrogen (secondary N) is 1. The number of benzene rings is 1. The minimum Gasteiger partial charge on any atom is -0.398 e. The fourth-order valence-electron chi connectivity index (χ4n) is 1.78. The van der Waals surface area contributed by atoms with E-state index >= 15 is 0 Å². The highest BCUT2D eigenvalue weighted by Gasteiger charge is 2.12. The van der Waals surface area contributed by atoms with Crippen LogP contribution in [0.15, 0.2) is 30.6 Å². The Morgan fingerprint density at radius 2 is 2.05 bits per heavy atom. The van der Waals surface area contributed by atoms with Gasteiger partial charge in [0.25, 0.3) is 5.91 Å². The van der Waals surface area contributed by atoms with E-state index in [2.05, 4.69) is 10.3 Å². The fourth-order valence-corrected chi connectivity index (χ4v) is 1.78. The molecule has 1 heterocycles. The standard InChI is InChI=1S/C14H14FN3O/c1-8-3-4-12(16)9(2)13(8)18-14(19)10-5-11(15)7-17-6-10/h3-7H,16H2,1-2H3,(H,18,19). The number of nitrogens with zero attached hydrogens (tertiary/aromatic N) is 1. The molecule has 0 aliphatic carbocycles. The van der Waals surface area contributed by atoms with Gasteiger partial charge in [0.1, 0.15) is 5.82 Å². The van der Waals surface area contributed by atoms with Crippen LogP contribution in [0.1, 0.15) is 21.5 Å². The first-order chi connectivity index (χ1) is 8.99. The third kappa shape index (κ3) is 2.70. The number of rotatable bonds is 2. The van der Waals surface area contributed by atoms with Gasteiger partial charge in [0, 0.05) is 17.6 Å². The van der Waals surface area contributed by atoms with Crippen molar-refractivity contribution in [2.24, 2.45) is 0 Å². The van der Waals surface area contributed by atoms with E-state index in [1.807, 2.05) is 19.9 Å². The Hall–Kier alpha value is -2.43. The largest absolute Gasteiger partial charge is 0.398 e. The number of aromatic nitrogens is 1. The van der Waals surface area contributed by atoms with Gasteiger partial charge in [-0.05, 0) is 37.1 Å². The predicted octanol–water partition coefficient (Wildman–Crippen LogP) is 2.67. The molecule has 0 saturated heterocycles. The van der Waals surface area contributed by atoms with Crippen LogP contribution in [0.3, 0.4) is 0 Å². The Balaban J connectivity index is 2.32. The summed E-state index contributed by atoms with van der Waals surface area (Å²) in [6.45, 7) is 3.69. The van der Waals surface area contributed by atoms with Gasteiger partial charge in [-0.1, -0.05) is 6.07 Å². The number of hydrogen-bond donors (Lipinski definition) is 2. The molecule has 1 aromatic carbocycles. The molecule has 0 aliphatic rings. The minimum absolute atomic E-state index is 0.168. The summed E-state index contributed by atoms with van der Waals surface area (Å²) in [6, 6.07) is 4.74. The maximum Gasteiger partial charge on any atom is 0.257 e. The third-order valence-corrected chi connectivity index (χ3v) is 2.92. The number of hydrogen-bond acceptors (Lipinski definition) is 3. The molecule has 0 unspecified atom stereocenters. The quantitative estimate of drug-likeness (QED) is 0.815.